The third kappa shape index (κ3) is 3.81. The predicted octanol–water partition coefficient (Wildman–Crippen LogP) is 7.91. The van der Waals surface area contributed by atoms with Gasteiger partial charge in [0.2, 0.25) is 0 Å². The molecule has 0 radical (unpaired) electrons. The lowest BCUT2D eigenvalue weighted by atomic mass is 9.46. The summed E-state index contributed by atoms with van der Waals surface area (Å²) >= 11 is 3.83. The van der Waals surface area contributed by atoms with E-state index in [0.29, 0.717) is 5.41 Å². The van der Waals surface area contributed by atoms with Gasteiger partial charge in [-0.15, -0.1) is 0 Å². The highest BCUT2D eigenvalue weighted by Crippen LogP contribution is 2.67. The molecule has 4 aliphatic carbocycles. The molecule has 4 rings (SSSR count). The fourth-order valence-electron chi connectivity index (χ4n) is 8.74. The minimum atomic E-state index is -0.108. The quantitative estimate of drug-likeness (QED) is 0.323. The zero-order valence-corrected chi connectivity index (χ0v) is 21.2. The number of hydrogen-bond acceptors (Lipinski definition) is 1. The number of allylic oxidation sites excluding steroid dienone is 1. The van der Waals surface area contributed by atoms with E-state index in [1.165, 1.54) is 64.2 Å². The summed E-state index contributed by atoms with van der Waals surface area (Å²) in [5, 5.41) is 11.1. The molecule has 1 nitrogen and oxygen atoms in total. The monoisotopic (exact) mass is 464 g/mol. The highest BCUT2D eigenvalue weighted by molar-refractivity contribution is 9.10. The molecule has 3 saturated carbocycles. The molecule has 0 spiro atoms. The van der Waals surface area contributed by atoms with Gasteiger partial charge < -0.3 is 5.11 Å². The maximum atomic E-state index is 11.1. The van der Waals surface area contributed by atoms with Gasteiger partial charge in [-0.3, -0.25) is 0 Å². The third-order valence-electron chi connectivity index (χ3n) is 10.3. The zero-order chi connectivity index (χ0) is 21.0. The number of hydrogen-bond donors (Lipinski definition) is 1. The van der Waals surface area contributed by atoms with E-state index in [9.17, 15) is 5.11 Å². The number of halogens is 1. The Labute approximate surface area is 188 Å². The molecule has 0 aromatic rings. The summed E-state index contributed by atoms with van der Waals surface area (Å²) in [5.41, 5.74) is 2.22. The van der Waals surface area contributed by atoms with Crippen LogP contribution in [0.2, 0.25) is 0 Å². The van der Waals surface area contributed by atoms with Crippen molar-refractivity contribution in [2.24, 2.45) is 40.4 Å². The van der Waals surface area contributed by atoms with Gasteiger partial charge in [0, 0.05) is 9.74 Å². The Morgan fingerprint density at radius 2 is 1.93 bits per heavy atom. The highest BCUT2D eigenvalue weighted by Gasteiger charge is 2.60. The molecule has 4 aliphatic rings. The number of aliphatic hydroxyl groups is 1. The van der Waals surface area contributed by atoms with Gasteiger partial charge in [0.05, 0.1) is 6.10 Å². The van der Waals surface area contributed by atoms with Crippen molar-refractivity contribution in [3.63, 3.8) is 0 Å². The molecule has 0 heterocycles. The Kier molecular flexibility index (Phi) is 6.13. The topological polar surface area (TPSA) is 20.2 Å². The summed E-state index contributed by atoms with van der Waals surface area (Å²) in [4.78, 5) is 0. The van der Waals surface area contributed by atoms with Crippen molar-refractivity contribution in [3.8, 4) is 0 Å². The highest BCUT2D eigenvalue weighted by atomic mass is 79.9. The van der Waals surface area contributed by atoms with Crippen LogP contribution < -0.4 is 0 Å². The van der Waals surface area contributed by atoms with Crippen LogP contribution in [0.5, 0.6) is 0 Å². The van der Waals surface area contributed by atoms with Crippen molar-refractivity contribution in [1.29, 1.82) is 0 Å². The lowest BCUT2D eigenvalue weighted by Gasteiger charge is -2.59. The summed E-state index contributed by atoms with van der Waals surface area (Å²) in [6.07, 6.45) is 16.8. The Morgan fingerprint density at radius 3 is 2.66 bits per heavy atom. The van der Waals surface area contributed by atoms with Crippen molar-refractivity contribution in [2.45, 2.75) is 116 Å². The second kappa shape index (κ2) is 7.95. The summed E-state index contributed by atoms with van der Waals surface area (Å²) < 4.78 is 0.287. The van der Waals surface area contributed by atoms with Crippen molar-refractivity contribution in [1.82, 2.24) is 0 Å². The predicted molar refractivity (Wildman–Crippen MR) is 127 cm³/mol. The van der Waals surface area contributed by atoms with E-state index in [1.54, 1.807) is 5.57 Å². The molecule has 1 unspecified atom stereocenters. The van der Waals surface area contributed by atoms with E-state index in [2.05, 4.69) is 56.6 Å². The number of alkyl halides is 1. The van der Waals surface area contributed by atoms with Crippen LogP contribution >= 0.6 is 15.9 Å². The summed E-state index contributed by atoms with van der Waals surface area (Å²) in [7, 11) is 0. The lowest BCUT2D eigenvalue weighted by molar-refractivity contribution is -0.0930. The van der Waals surface area contributed by atoms with E-state index < -0.39 is 0 Å². The van der Waals surface area contributed by atoms with E-state index in [0.717, 1.165) is 36.0 Å². The van der Waals surface area contributed by atoms with Gasteiger partial charge in [-0.05, 0) is 92.8 Å². The first-order chi connectivity index (χ1) is 13.6. The molecule has 3 fully saturated rings. The van der Waals surface area contributed by atoms with Crippen molar-refractivity contribution in [3.05, 3.63) is 11.6 Å². The molecule has 0 amide bonds. The Morgan fingerprint density at radius 1 is 1.17 bits per heavy atom. The first kappa shape index (κ1) is 22.4. The van der Waals surface area contributed by atoms with Gasteiger partial charge >= 0.3 is 0 Å². The van der Waals surface area contributed by atoms with Crippen molar-refractivity contribution < 1.29 is 5.11 Å². The molecule has 29 heavy (non-hydrogen) atoms. The van der Waals surface area contributed by atoms with Crippen molar-refractivity contribution in [2.75, 3.05) is 0 Å². The van der Waals surface area contributed by atoms with Crippen LogP contribution in [0.3, 0.4) is 0 Å². The zero-order valence-electron chi connectivity index (χ0n) is 19.6. The van der Waals surface area contributed by atoms with E-state index in [4.69, 9.17) is 0 Å². The van der Waals surface area contributed by atoms with Crippen LogP contribution in [0.4, 0.5) is 0 Å². The third-order valence-corrected chi connectivity index (χ3v) is 10.7. The van der Waals surface area contributed by atoms with Crippen LogP contribution in [0, 0.1) is 40.4 Å². The average molecular weight is 466 g/mol. The lowest BCUT2D eigenvalue weighted by Crippen LogP contribution is -2.54. The van der Waals surface area contributed by atoms with Crippen LogP contribution in [0.25, 0.3) is 0 Å². The van der Waals surface area contributed by atoms with Gasteiger partial charge in [0.1, 0.15) is 0 Å². The largest absolute Gasteiger partial charge is 0.392 e. The second-order valence-electron chi connectivity index (χ2n) is 12.3. The second-order valence-corrected chi connectivity index (χ2v) is 14.5. The maximum absolute atomic E-state index is 11.1. The Bertz CT molecular complexity index is 633. The molecule has 0 saturated heterocycles. The van der Waals surface area contributed by atoms with Gasteiger partial charge in [-0.25, -0.2) is 0 Å². The fraction of sp³-hybridized carbons (Fsp3) is 0.926. The minimum Gasteiger partial charge on any atom is -0.392 e. The standard InChI is InChI=1S/C27H45BrO/c1-18(8-7-16-25(2,3)28)21-13-14-22-20-12-11-19-9-6-10-24(29)27(19,5)23(20)15-17-26(21,22)4/h11,18,20-24,29H,6-10,12-17H2,1-5H3/t18-,20+,21-,22+,23+,24?,26-,27+/m1/s1. The minimum absolute atomic E-state index is 0.0770. The van der Waals surface area contributed by atoms with Crippen LogP contribution in [-0.2, 0) is 0 Å². The molecule has 1 N–H and O–H groups in total. The molecular formula is C27H45BrO. The van der Waals surface area contributed by atoms with E-state index in [1.807, 2.05) is 0 Å². The van der Waals surface area contributed by atoms with Gasteiger partial charge in [-0.2, -0.15) is 0 Å². The molecular weight excluding hydrogens is 420 g/mol. The van der Waals surface area contributed by atoms with Crippen LogP contribution in [0.1, 0.15) is 105 Å². The molecule has 8 atom stereocenters. The molecule has 2 heteroatoms. The Hall–Kier alpha value is 0.180. The SMILES string of the molecule is C[C@H](CCCC(C)(C)Br)[C@H]1CC[C@H]2[C@@H]3CC=C4CCCC(O)[C@]4(C)[C@H]3CC[C@]12C. The first-order valence-electron chi connectivity index (χ1n) is 12.6. The smallest absolute Gasteiger partial charge is 0.0633 e. The number of fused-ring (bicyclic) bond motifs is 5. The summed E-state index contributed by atoms with van der Waals surface area (Å²) in [5.74, 6) is 4.17. The summed E-state index contributed by atoms with van der Waals surface area (Å²) in [6.45, 7) is 12.2. The first-order valence-corrected chi connectivity index (χ1v) is 13.4. The van der Waals surface area contributed by atoms with E-state index >= 15 is 0 Å². The van der Waals surface area contributed by atoms with E-state index in [-0.39, 0.29) is 15.8 Å². The van der Waals surface area contributed by atoms with Crippen molar-refractivity contribution >= 4 is 15.9 Å². The van der Waals surface area contributed by atoms with Gasteiger partial charge in [-0.1, -0.05) is 75.0 Å². The molecule has 0 bridgehead atoms. The van der Waals surface area contributed by atoms with Crippen LogP contribution in [0.15, 0.2) is 11.6 Å². The fourth-order valence-corrected chi connectivity index (χ4v) is 9.02. The van der Waals surface area contributed by atoms with Gasteiger partial charge in [0.15, 0.2) is 0 Å². The number of aliphatic hydroxyl groups excluding tert-OH is 1. The van der Waals surface area contributed by atoms with Gasteiger partial charge in [0.25, 0.3) is 0 Å². The molecule has 0 aliphatic heterocycles. The molecule has 166 valence electrons. The van der Waals surface area contributed by atoms with Crippen LogP contribution in [-0.4, -0.2) is 15.5 Å². The molecule has 0 aromatic heterocycles. The molecule has 0 aromatic carbocycles. The Balaban J connectivity index is 1.49. The normalized spacial score (nSPS) is 45.8. The maximum Gasteiger partial charge on any atom is 0.0633 e. The summed E-state index contributed by atoms with van der Waals surface area (Å²) in [6, 6.07) is 0. The number of rotatable bonds is 5. The average Bonchev–Trinajstić information content (AvgIpc) is 2.99.